The fourth-order valence-electron chi connectivity index (χ4n) is 3.39. The molecule has 2 aromatic rings. The largest absolute Gasteiger partial charge is 0.139 e. The molecular weight excluding hydrogens is 287 g/mol. The summed E-state index contributed by atoms with van der Waals surface area (Å²) in [6.07, 6.45) is 7.90. The van der Waals surface area contributed by atoms with Crippen LogP contribution in [0.4, 0.5) is 0 Å². The maximum atomic E-state index is 4.31. The lowest BCUT2D eigenvalue weighted by Crippen LogP contribution is -2.08. The first-order chi connectivity index (χ1) is 11.6. The molecule has 1 heteroatoms. The van der Waals surface area contributed by atoms with Crippen molar-refractivity contribution < 1.29 is 0 Å². The molecule has 0 N–H and O–H groups in total. The van der Waals surface area contributed by atoms with Crippen LogP contribution in [-0.2, 0) is 6.42 Å². The Morgan fingerprint density at radius 1 is 1.04 bits per heavy atom. The van der Waals surface area contributed by atoms with Crippen LogP contribution in [0.25, 0.3) is 0 Å². The number of benzene rings is 2. The van der Waals surface area contributed by atoms with E-state index in [0.717, 1.165) is 19.3 Å². The molecule has 0 saturated heterocycles. The Labute approximate surface area is 147 Å². The number of allylic oxidation sites excluding steroid dienone is 5. The number of hydrogen-bond acceptors (Lipinski definition) is 0. The third-order valence-corrected chi connectivity index (χ3v) is 4.98. The molecule has 2 aromatic carbocycles. The highest BCUT2D eigenvalue weighted by molar-refractivity contribution is 6.32. The monoisotopic (exact) mass is 312 g/mol. The third-order valence-electron chi connectivity index (χ3n) is 4.98. The zero-order valence-corrected chi connectivity index (χ0v) is 14.8. The Morgan fingerprint density at radius 3 is 2.54 bits per heavy atom. The summed E-state index contributed by atoms with van der Waals surface area (Å²) in [6.45, 7) is 6.61. The zero-order valence-electron chi connectivity index (χ0n) is 14.8. The highest BCUT2D eigenvalue weighted by Crippen LogP contribution is 2.33. The van der Waals surface area contributed by atoms with Crippen LogP contribution in [0, 0.1) is 0 Å². The molecule has 24 heavy (non-hydrogen) atoms. The molecule has 1 atom stereocenters. The van der Waals surface area contributed by atoms with Crippen molar-refractivity contribution in [3.8, 4) is 0 Å². The molecular formula is C23H25B. The standard InChI is InChI=1S/C23H25B/c1-17-15-22(18(2)21-9-6-10-23(24)16-21)14-13-20(17)12-11-19-7-4-3-5-8-19/h3-10,13,15-16,18H,1,11-12,14,24H2,2H3. The Bertz CT molecular complexity index is 781. The van der Waals surface area contributed by atoms with E-state index in [1.54, 1.807) is 0 Å². The number of aryl methyl sites for hydroxylation is 1. The van der Waals surface area contributed by atoms with Crippen molar-refractivity contribution in [2.24, 2.45) is 0 Å². The van der Waals surface area contributed by atoms with E-state index in [2.05, 4.69) is 88.1 Å². The molecule has 1 aliphatic rings. The van der Waals surface area contributed by atoms with Crippen LogP contribution in [-0.4, -0.2) is 7.85 Å². The van der Waals surface area contributed by atoms with Crippen molar-refractivity contribution in [2.45, 2.75) is 32.1 Å². The molecule has 0 nitrogen and oxygen atoms in total. The molecule has 3 rings (SSSR count). The van der Waals surface area contributed by atoms with Gasteiger partial charge in [-0.1, -0.05) is 91.3 Å². The topological polar surface area (TPSA) is 0 Å². The Morgan fingerprint density at radius 2 is 1.83 bits per heavy atom. The van der Waals surface area contributed by atoms with Gasteiger partial charge >= 0.3 is 0 Å². The Balaban J connectivity index is 1.65. The fourth-order valence-corrected chi connectivity index (χ4v) is 3.39. The highest BCUT2D eigenvalue weighted by atomic mass is 14.2. The van der Waals surface area contributed by atoms with Crippen LogP contribution in [0.3, 0.4) is 0 Å². The summed E-state index contributed by atoms with van der Waals surface area (Å²) in [4.78, 5) is 0. The molecule has 0 amide bonds. The van der Waals surface area contributed by atoms with Gasteiger partial charge in [-0.3, -0.25) is 0 Å². The maximum Gasteiger partial charge on any atom is 0.139 e. The van der Waals surface area contributed by atoms with Gasteiger partial charge in [0.15, 0.2) is 0 Å². The molecule has 0 heterocycles. The van der Waals surface area contributed by atoms with Gasteiger partial charge in [-0.05, 0) is 41.5 Å². The second-order valence-electron chi connectivity index (χ2n) is 6.80. The summed E-state index contributed by atoms with van der Waals surface area (Å²) in [7, 11) is 2.16. The van der Waals surface area contributed by atoms with E-state index in [4.69, 9.17) is 0 Å². The van der Waals surface area contributed by atoms with Crippen molar-refractivity contribution in [2.75, 3.05) is 0 Å². The van der Waals surface area contributed by atoms with E-state index < -0.39 is 0 Å². The molecule has 0 saturated carbocycles. The predicted octanol–water partition coefficient (Wildman–Crippen LogP) is 4.49. The minimum atomic E-state index is 0.452. The predicted molar refractivity (Wildman–Crippen MR) is 108 cm³/mol. The lowest BCUT2D eigenvalue weighted by molar-refractivity contribution is 0.841. The van der Waals surface area contributed by atoms with Crippen molar-refractivity contribution in [1.29, 1.82) is 0 Å². The Kier molecular flexibility index (Phi) is 5.20. The summed E-state index contributed by atoms with van der Waals surface area (Å²) in [5, 5.41) is 0. The van der Waals surface area contributed by atoms with Crippen molar-refractivity contribution in [1.82, 2.24) is 0 Å². The normalized spacial score (nSPS) is 15.6. The van der Waals surface area contributed by atoms with E-state index in [1.165, 1.54) is 33.3 Å². The van der Waals surface area contributed by atoms with Gasteiger partial charge < -0.3 is 0 Å². The lowest BCUT2D eigenvalue weighted by atomic mass is 9.82. The van der Waals surface area contributed by atoms with Gasteiger partial charge in [0.25, 0.3) is 0 Å². The van der Waals surface area contributed by atoms with E-state index in [-0.39, 0.29) is 0 Å². The number of hydrogen-bond donors (Lipinski definition) is 0. The molecule has 0 bridgehead atoms. The van der Waals surface area contributed by atoms with Gasteiger partial charge in [-0.25, -0.2) is 0 Å². The summed E-state index contributed by atoms with van der Waals surface area (Å²) < 4.78 is 0. The first-order valence-corrected chi connectivity index (χ1v) is 8.83. The molecule has 120 valence electrons. The van der Waals surface area contributed by atoms with Crippen LogP contribution >= 0.6 is 0 Å². The van der Waals surface area contributed by atoms with Gasteiger partial charge in [0.1, 0.15) is 7.85 Å². The minimum absolute atomic E-state index is 0.452. The third kappa shape index (κ3) is 3.97. The summed E-state index contributed by atoms with van der Waals surface area (Å²) >= 11 is 0. The first kappa shape index (κ1) is 16.6. The molecule has 0 radical (unpaired) electrons. The van der Waals surface area contributed by atoms with Crippen molar-refractivity contribution in [3.05, 3.63) is 101 Å². The quantitative estimate of drug-likeness (QED) is 0.713. The van der Waals surface area contributed by atoms with E-state index >= 15 is 0 Å². The maximum absolute atomic E-state index is 4.31. The fraction of sp³-hybridized carbons (Fsp3) is 0.217. The Hall–Kier alpha value is -2.28. The van der Waals surface area contributed by atoms with Crippen molar-refractivity contribution >= 4 is 13.3 Å². The van der Waals surface area contributed by atoms with E-state index in [9.17, 15) is 0 Å². The van der Waals surface area contributed by atoms with E-state index in [1.807, 2.05) is 0 Å². The summed E-state index contributed by atoms with van der Waals surface area (Å²) in [5.74, 6) is 0.452. The van der Waals surface area contributed by atoms with E-state index in [0.29, 0.717) is 5.92 Å². The van der Waals surface area contributed by atoms with Crippen LogP contribution in [0.5, 0.6) is 0 Å². The zero-order chi connectivity index (χ0) is 16.9. The summed E-state index contributed by atoms with van der Waals surface area (Å²) in [5.41, 5.74) is 8.18. The van der Waals surface area contributed by atoms with Crippen molar-refractivity contribution in [3.63, 3.8) is 0 Å². The van der Waals surface area contributed by atoms with Crippen LogP contribution in [0.2, 0.25) is 0 Å². The van der Waals surface area contributed by atoms with Crippen LogP contribution in [0.15, 0.2) is 90.0 Å². The molecule has 1 aliphatic carbocycles. The van der Waals surface area contributed by atoms with Crippen LogP contribution in [0.1, 0.15) is 36.8 Å². The SMILES string of the molecule is Bc1cccc(C(C)C2=CC(=C)C(CCc3ccccc3)=CC2)c1. The molecule has 0 aromatic heterocycles. The smallest absolute Gasteiger partial charge is 0.0915 e. The highest BCUT2D eigenvalue weighted by Gasteiger charge is 2.16. The van der Waals surface area contributed by atoms with Gasteiger partial charge in [0.2, 0.25) is 0 Å². The molecule has 1 unspecified atom stereocenters. The van der Waals surface area contributed by atoms with Gasteiger partial charge in [-0.2, -0.15) is 0 Å². The molecule has 0 spiro atoms. The number of rotatable bonds is 5. The second-order valence-corrected chi connectivity index (χ2v) is 6.80. The average Bonchev–Trinajstić information content (AvgIpc) is 2.61. The summed E-state index contributed by atoms with van der Waals surface area (Å²) in [6, 6.07) is 19.5. The molecule has 0 aliphatic heterocycles. The van der Waals surface area contributed by atoms with Crippen LogP contribution < -0.4 is 5.46 Å². The minimum Gasteiger partial charge on any atom is -0.0915 e. The average molecular weight is 312 g/mol. The lowest BCUT2D eigenvalue weighted by Gasteiger charge is -2.22. The first-order valence-electron chi connectivity index (χ1n) is 8.83. The van der Waals surface area contributed by atoms with Gasteiger partial charge in [0.05, 0.1) is 0 Å². The van der Waals surface area contributed by atoms with Gasteiger partial charge in [-0.15, -0.1) is 0 Å². The van der Waals surface area contributed by atoms with Gasteiger partial charge in [0, 0.05) is 5.92 Å². The molecule has 0 fully saturated rings. The second kappa shape index (κ2) is 7.53.